The van der Waals surface area contributed by atoms with Gasteiger partial charge in [0.05, 0.1) is 10.8 Å². The first-order chi connectivity index (χ1) is 10.8. The highest BCUT2D eigenvalue weighted by molar-refractivity contribution is 5.95. The number of carbonyl (C=O) groups excluding carboxylic acids is 2. The van der Waals surface area contributed by atoms with Crippen LogP contribution in [-0.4, -0.2) is 11.9 Å². The highest BCUT2D eigenvalue weighted by Crippen LogP contribution is 2.28. The van der Waals surface area contributed by atoms with E-state index in [1.54, 1.807) is 27.7 Å². The molecule has 2 rings (SSSR count). The van der Waals surface area contributed by atoms with Gasteiger partial charge in [0.25, 0.3) is 0 Å². The van der Waals surface area contributed by atoms with Gasteiger partial charge in [-0.15, -0.1) is 0 Å². The van der Waals surface area contributed by atoms with Crippen molar-refractivity contribution < 1.29 is 14.3 Å². The minimum absolute atomic E-state index is 0.544. The van der Waals surface area contributed by atoms with Gasteiger partial charge in [-0.3, -0.25) is 9.59 Å². The van der Waals surface area contributed by atoms with Gasteiger partial charge in [-0.25, -0.2) is 0 Å². The van der Waals surface area contributed by atoms with Crippen molar-refractivity contribution in [3.63, 3.8) is 0 Å². The first kappa shape index (κ1) is 16.9. The van der Waals surface area contributed by atoms with E-state index in [1.165, 1.54) is 0 Å². The third-order valence-corrected chi connectivity index (χ3v) is 4.20. The van der Waals surface area contributed by atoms with Gasteiger partial charge in [0.1, 0.15) is 0 Å². The Morgan fingerprint density at radius 1 is 0.652 bits per heavy atom. The average Bonchev–Trinajstić information content (AvgIpc) is 2.56. The highest BCUT2D eigenvalue weighted by Gasteiger charge is 2.38. The van der Waals surface area contributed by atoms with Crippen molar-refractivity contribution >= 4 is 11.9 Å². The molecular formula is C20H22O3. The Bertz CT molecular complexity index is 624. The normalized spacial score (nSPS) is 11.8. The van der Waals surface area contributed by atoms with Crippen molar-refractivity contribution in [3.8, 4) is 0 Å². The van der Waals surface area contributed by atoms with E-state index in [1.807, 2.05) is 60.7 Å². The number of rotatable bonds is 4. The first-order valence-corrected chi connectivity index (χ1v) is 7.64. The summed E-state index contributed by atoms with van der Waals surface area (Å²) in [5.41, 5.74) is -0.140. The minimum atomic E-state index is -0.885. The topological polar surface area (TPSA) is 43.4 Å². The van der Waals surface area contributed by atoms with Crippen LogP contribution >= 0.6 is 0 Å². The lowest BCUT2D eigenvalue weighted by Crippen LogP contribution is -2.39. The lowest BCUT2D eigenvalue weighted by atomic mass is 9.83. The average molecular weight is 310 g/mol. The summed E-state index contributed by atoms with van der Waals surface area (Å²) < 4.78 is 5.21. The van der Waals surface area contributed by atoms with Crippen LogP contribution in [0, 0.1) is 0 Å². The maximum atomic E-state index is 12.5. The molecule has 0 heterocycles. The lowest BCUT2D eigenvalue weighted by Gasteiger charge is -2.27. The van der Waals surface area contributed by atoms with Crippen LogP contribution in [0.4, 0.5) is 0 Å². The van der Waals surface area contributed by atoms with E-state index < -0.39 is 22.8 Å². The van der Waals surface area contributed by atoms with E-state index in [4.69, 9.17) is 4.74 Å². The Hall–Kier alpha value is -2.42. The lowest BCUT2D eigenvalue weighted by molar-refractivity contribution is -0.166. The maximum Gasteiger partial charge on any atom is 0.323 e. The monoisotopic (exact) mass is 310 g/mol. The van der Waals surface area contributed by atoms with Crippen LogP contribution in [0.5, 0.6) is 0 Å². The molecule has 0 saturated carbocycles. The number of benzene rings is 2. The molecule has 120 valence electrons. The molecule has 0 aliphatic heterocycles. The molecular weight excluding hydrogens is 288 g/mol. The summed E-state index contributed by atoms with van der Waals surface area (Å²) in [6.45, 7) is 7.03. The van der Waals surface area contributed by atoms with Crippen LogP contribution in [0.2, 0.25) is 0 Å². The molecule has 2 aromatic carbocycles. The number of esters is 2. The van der Waals surface area contributed by atoms with E-state index in [9.17, 15) is 9.59 Å². The second-order valence-electron chi connectivity index (χ2n) is 6.66. The van der Waals surface area contributed by atoms with Gasteiger partial charge >= 0.3 is 11.9 Å². The summed E-state index contributed by atoms with van der Waals surface area (Å²) in [6.07, 6.45) is 0. The molecule has 23 heavy (non-hydrogen) atoms. The number of hydrogen-bond acceptors (Lipinski definition) is 3. The molecule has 0 fully saturated rings. The van der Waals surface area contributed by atoms with Crippen LogP contribution in [0.1, 0.15) is 38.8 Å². The molecule has 0 aliphatic rings. The van der Waals surface area contributed by atoms with E-state index in [2.05, 4.69) is 0 Å². The van der Waals surface area contributed by atoms with Gasteiger partial charge < -0.3 is 4.74 Å². The third kappa shape index (κ3) is 3.50. The molecule has 0 atom stereocenters. The quantitative estimate of drug-likeness (QED) is 0.633. The van der Waals surface area contributed by atoms with Gasteiger partial charge in [0.2, 0.25) is 0 Å². The van der Waals surface area contributed by atoms with Crippen LogP contribution in [-0.2, 0) is 25.2 Å². The van der Waals surface area contributed by atoms with Gasteiger partial charge in [-0.2, -0.15) is 0 Å². The molecule has 0 aromatic heterocycles. The van der Waals surface area contributed by atoms with Gasteiger partial charge in [0, 0.05) is 0 Å². The second kappa shape index (κ2) is 6.37. The fourth-order valence-corrected chi connectivity index (χ4v) is 2.28. The zero-order chi connectivity index (χ0) is 17.1. The molecule has 0 radical (unpaired) electrons. The van der Waals surface area contributed by atoms with Crippen molar-refractivity contribution in [2.75, 3.05) is 0 Å². The van der Waals surface area contributed by atoms with Crippen LogP contribution in [0.15, 0.2) is 60.7 Å². The van der Waals surface area contributed by atoms with Crippen molar-refractivity contribution in [3.05, 3.63) is 71.8 Å². The van der Waals surface area contributed by atoms with E-state index in [-0.39, 0.29) is 0 Å². The van der Waals surface area contributed by atoms with Crippen LogP contribution < -0.4 is 0 Å². The molecule has 3 nitrogen and oxygen atoms in total. The van der Waals surface area contributed by atoms with Crippen molar-refractivity contribution in [1.29, 1.82) is 0 Å². The number of hydrogen-bond donors (Lipinski definition) is 0. The van der Waals surface area contributed by atoms with Crippen molar-refractivity contribution in [2.24, 2.45) is 0 Å². The molecule has 0 aliphatic carbocycles. The molecule has 0 spiro atoms. The maximum absolute atomic E-state index is 12.5. The Kier molecular flexibility index (Phi) is 4.69. The molecule has 0 bridgehead atoms. The first-order valence-electron chi connectivity index (χ1n) is 7.64. The smallest absolute Gasteiger partial charge is 0.323 e. The van der Waals surface area contributed by atoms with Crippen molar-refractivity contribution in [2.45, 2.75) is 38.5 Å². The standard InChI is InChI=1S/C20H22O3/c1-19(2,15-11-7-5-8-12-15)17(21)23-18(22)20(3,4)16-13-9-6-10-14-16/h5-14H,1-4H3. The number of ether oxygens (including phenoxy) is 1. The summed E-state index contributed by atoms with van der Waals surface area (Å²) in [4.78, 5) is 25.0. The van der Waals surface area contributed by atoms with Crippen molar-refractivity contribution in [1.82, 2.24) is 0 Å². The Balaban J connectivity index is 2.18. The molecule has 0 amide bonds. The molecule has 0 N–H and O–H groups in total. The van der Waals surface area contributed by atoms with Crippen LogP contribution in [0.3, 0.4) is 0 Å². The SMILES string of the molecule is CC(C)(C(=O)OC(=O)C(C)(C)c1ccccc1)c1ccccc1. The van der Waals surface area contributed by atoms with Gasteiger partial charge in [0.15, 0.2) is 0 Å². The highest BCUT2D eigenvalue weighted by atomic mass is 16.6. The van der Waals surface area contributed by atoms with E-state index in [0.717, 1.165) is 11.1 Å². The molecule has 3 heteroatoms. The fraction of sp³-hybridized carbons (Fsp3) is 0.300. The van der Waals surface area contributed by atoms with Crippen LogP contribution in [0.25, 0.3) is 0 Å². The number of carbonyl (C=O) groups is 2. The molecule has 0 saturated heterocycles. The zero-order valence-electron chi connectivity index (χ0n) is 14.0. The second-order valence-corrected chi connectivity index (χ2v) is 6.66. The Labute approximate surface area is 137 Å². The Morgan fingerprint density at radius 3 is 1.26 bits per heavy atom. The van der Waals surface area contributed by atoms with Gasteiger partial charge in [-0.1, -0.05) is 60.7 Å². The molecule has 0 unspecified atom stereocenters. The summed E-state index contributed by atoms with van der Waals surface area (Å²) in [5, 5.41) is 0. The summed E-state index contributed by atoms with van der Waals surface area (Å²) in [6, 6.07) is 18.6. The predicted octanol–water partition coefficient (Wildman–Crippen LogP) is 4.01. The molecule has 2 aromatic rings. The van der Waals surface area contributed by atoms with E-state index >= 15 is 0 Å². The predicted molar refractivity (Wildman–Crippen MR) is 90.0 cm³/mol. The van der Waals surface area contributed by atoms with E-state index in [0.29, 0.717) is 0 Å². The third-order valence-electron chi connectivity index (χ3n) is 4.20. The zero-order valence-corrected chi connectivity index (χ0v) is 14.0. The van der Waals surface area contributed by atoms with Gasteiger partial charge in [-0.05, 0) is 38.8 Å². The Morgan fingerprint density at radius 2 is 0.957 bits per heavy atom. The fourth-order valence-electron chi connectivity index (χ4n) is 2.28. The summed E-state index contributed by atoms with van der Waals surface area (Å²) in [5.74, 6) is -1.09. The largest absolute Gasteiger partial charge is 0.392 e. The summed E-state index contributed by atoms with van der Waals surface area (Å²) in [7, 11) is 0. The minimum Gasteiger partial charge on any atom is -0.392 e. The summed E-state index contributed by atoms with van der Waals surface area (Å²) >= 11 is 0.